The molecular weight excluding hydrogens is 306 g/mol. The molecule has 1 saturated heterocycles. The second-order valence-electron chi connectivity index (χ2n) is 4.56. The summed E-state index contributed by atoms with van der Waals surface area (Å²) in [6, 6.07) is -0.126. The minimum absolute atomic E-state index is 0.000509. The maximum absolute atomic E-state index is 12.0. The zero-order chi connectivity index (χ0) is 13.1. The number of nitrogens with zero attached hydrogens (tertiary/aromatic N) is 1. The third kappa shape index (κ3) is 4.25. The van der Waals surface area contributed by atoms with Gasteiger partial charge in [0.1, 0.15) is 0 Å². The van der Waals surface area contributed by atoms with Crippen LogP contribution in [0, 0.1) is 0 Å². The van der Waals surface area contributed by atoms with Gasteiger partial charge >= 0.3 is 0 Å². The van der Waals surface area contributed by atoms with Crippen LogP contribution >= 0.6 is 15.9 Å². The molecule has 6 heteroatoms. The van der Waals surface area contributed by atoms with E-state index in [9.17, 15) is 13.2 Å². The van der Waals surface area contributed by atoms with Gasteiger partial charge in [-0.3, -0.25) is 4.79 Å². The number of rotatable bonds is 5. The van der Waals surface area contributed by atoms with Crippen molar-refractivity contribution in [3.63, 3.8) is 0 Å². The molecule has 1 rings (SSSR count). The number of alkyl halides is 1. The van der Waals surface area contributed by atoms with Gasteiger partial charge in [-0.25, -0.2) is 8.42 Å². The summed E-state index contributed by atoms with van der Waals surface area (Å²) in [4.78, 5) is 13.5. The Hall–Kier alpha value is -0.100. The molecule has 0 aliphatic carbocycles. The van der Waals surface area contributed by atoms with E-state index in [1.807, 2.05) is 0 Å². The molecule has 100 valence electrons. The highest BCUT2D eigenvalue weighted by Gasteiger charge is 2.35. The van der Waals surface area contributed by atoms with Crippen LogP contribution in [0.25, 0.3) is 0 Å². The number of halogens is 1. The molecule has 0 radical (unpaired) electrons. The summed E-state index contributed by atoms with van der Waals surface area (Å²) in [6.45, 7) is 4.50. The van der Waals surface area contributed by atoms with E-state index in [4.69, 9.17) is 0 Å². The third-order valence-electron chi connectivity index (χ3n) is 3.03. The lowest BCUT2D eigenvalue weighted by atomic mass is 10.2. The van der Waals surface area contributed by atoms with Gasteiger partial charge in [0.05, 0.1) is 16.3 Å². The first-order valence-electron chi connectivity index (χ1n) is 6.02. The molecule has 2 unspecified atom stereocenters. The van der Waals surface area contributed by atoms with E-state index in [1.54, 1.807) is 11.8 Å². The lowest BCUT2D eigenvalue weighted by molar-refractivity contribution is -0.132. The Bertz CT molecular complexity index is 367. The number of carbonyl (C=O) groups excluding carboxylic acids is 1. The largest absolute Gasteiger partial charge is 0.338 e. The quantitative estimate of drug-likeness (QED) is 0.721. The normalized spacial score (nSPS) is 24.5. The molecule has 1 aliphatic heterocycles. The molecule has 0 bridgehead atoms. The first-order chi connectivity index (χ1) is 7.87. The van der Waals surface area contributed by atoms with Crippen molar-refractivity contribution in [3.05, 3.63) is 0 Å². The number of unbranched alkanes of at least 4 members (excludes halogenated alkanes) is 1. The predicted molar refractivity (Wildman–Crippen MR) is 72.1 cm³/mol. The molecule has 0 spiro atoms. The Labute approximate surface area is 112 Å². The average molecular weight is 326 g/mol. The van der Waals surface area contributed by atoms with E-state index >= 15 is 0 Å². The molecule has 4 nitrogen and oxygen atoms in total. The van der Waals surface area contributed by atoms with Crippen molar-refractivity contribution >= 4 is 31.7 Å². The summed E-state index contributed by atoms with van der Waals surface area (Å²) < 4.78 is 22.9. The molecule has 0 N–H and O–H groups in total. The predicted octanol–water partition coefficient (Wildman–Crippen LogP) is 1.59. The molecular formula is C11H20BrNO3S. The summed E-state index contributed by atoms with van der Waals surface area (Å²) in [5.74, 6) is 0.340. The van der Waals surface area contributed by atoms with E-state index in [-0.39, 0.29) is 28.3 Å². The van der Waals surface area contributed by atoms with Crippen molar-refractivity contribution < 1.29 is 13.2 Å². The highest BCUT2D eigenvalue weighted by molar-refractivity contribution is 9.10. The zero-order valence-electron chi connectivity index (χ0n) is 10.4. The van der Waals surface area contributed by atoms with Gasteiger partial charge in [0.2, 0.25) is 5.91 Å². The maximum Gasteiger partial charge on any atom is 0.236 e. The smallest absolute Gasteiger partial charge is 0.236 e. The van der Waals surface area contributed by atoms with Gasteiger partial charge in [0, 0.05) is 12.6 Å². The SMILES string of the molecule is CCCCN(C(=O)C(C)Br)C1CCS(=O)(=O)C1. The fraction of sp³-hybridized carbons (Fsp3) is 0.909. The highest BCUT2D eigenvalue weighted by atomic mass is 79.9. The van der Waals surface area contributed by atoms with Gasteiger partial charge in [-0.05, 0) is 19.8 Å². The van der Waals surface area contributed by atoms with Crippen molar-refractivity contribution in [1.82, 2.24) is 4.90 Å². The van der Waals surface area contributed by atoms with Gasteiger partial charge in [-0.2, -0.15) is 0 Å². The van der Waals surface area contributed by atoms with Crippen molar-refractivity contribution in [2.24, 2.45) is 0 Å². The van der Waals surface area contributed by atoms with Crippen LogP contribution in [0.3, 0.4) is 0 Å². The van der Waals surface area contributed by atoms with E-state index in [1.165, 1.54) is 0 Å². The molecule has 1 amide bonds. The minimum Gasteiger partial charge on any atom is -0.338 e. The average Bonchev–Trinajstić information content (AvgIpc) is 2.59. The number of sulfone groups is 1. The summed E-state index contributed by atoms with van der Waals surface area (Å²) >= 11 is 3.27. The fourth-order valence-electron chi connectivity index (χ4n) is 2.05. The van der Waals surface area contributed by atoms with Crippen LogP contribution in [-0.4, -0.2) is 48.1 Å². The van der Waals surface area contributed by atoms with Crippen LogP contribution in [0.5, 0.6) is 0 Å². The zero-order valence-corrected chi connectivity index (χ0v) is 12.8. The molecule has 0 aromatic carbocycles. The number of hydrogen-bond donors (Lipinski definition) is 0. The van der Waals surface area contributed by atoms with Gasteiger partial charge in [-0.1, -0.05) is 29.3 Å². The number of carbonyl (C=O) groups is 1. The van der Waals surface area contributed by atoms with Gasteiger partial charge in [0.15, 0.2) is 9.84 Å². The fourth-order valence-corrected chi connectivity index (χ4v) is 4.04. The van der Waals surface area contributed by atoms with E-state index in [0.717, 1.165) is 12.8 Å². The molecule has 17 heavy (non-hydrogen) atoms. The standard InChI is InChI=1S/C11H20BrNO3S/c1-3-4-6-13(11(14)9(2)12)10-5-7-17(15,16)8-10/h9-10H,3-8H2,1-2H3. The Morgan fingerprint density at radius 2 is 2.18 bits per heavy atom. The Morgan fingerprint density at radius 1 is 1.53 bits per heavy atom. The second kappa shape index (κ2) is 6.18. The summed E-state index contributed by atoms with van der Waals surface area (Å²) in [6.07, 6.45) is 2.50. The van der Waals surface area contributed by atoms with E-state index < -0.39 is 9.84 Å². The number of amides is 1. The van der Waals surface area contributed by atoms with Crippen LogP contribution in [0.2, 0.25) is 0 Å². The van der Waals surface area contributed by atoms with Gasteiger partial charge < -0.3 is 4.90 Å². The minimum atomic E-state index is -2.93. The Kier molecular flexibility index (Phi) is 5.44. The topological polar surface area (TPSA) is 54.5 Å². The summed E-state index contributed by atoms with van der Waals surface area (Å²) in [7, 11) is -2.93. The molecule has 1 aliphatic rings. The summed E-state index contributed by atoms with van der Waals surface area (Å²) in [5, 5.41) is 0. The van der Waals surface area contributed by atoms with Crippen LogP contribution in [-0.2, 0) is 14.6 Å². The van der Waals surface area contributed by atoms with Crippen molar-refractivity contribution in [1.29, 1.82) is 0 Å². The lowest BCUT2D eigenvalue weighted by Gasteiger charge is -2.29. The maximum atomic E-state index is 12.0. The molecule has 2 atom stereocenters. The molecule has 1 heterocycles. The molecule has 1 fully saturated rings. The number of hydrogen-bond acceptors (Lipinski definition) is 3. The van der Waals surface area contributed by atoms with Crippen LogP contribution < -0.4 is 0 Å². The first kappa shape index (κ1) is 15.0. The summed E-state index contributed by atoms with van der Waals surface area (Å²) in [5.41, 5.74) is 0. The molecule has 0 aromatic heterocycles. The molecule has 0 aromatic rings. The highest BCUT2D eigenvalue weighted by Crippen LogP contribution is 2.20. The van der Waals surface area contributed by atoms with E-state index in [0.29, 0.717) is 13.0 Å². The van der Waals surface area contributed by atoms with Gasteiger partial charge in [0.25, 0.3) is 0 Å². The Morgan fingerprint density at radius 3 is 2.59 bits per heavy atom. The van der Waals surface area contributed by atoms with Crippen molar-refractivity contribution in [2.75, 3.05) is 18.1 Å². The monoisotopic (exact) mass is 325 g/mol. The lowest BCUT2D eigenvalue weighted by Crippen LogP contribution is -2.44. The third-order valence-corrected chi connectivity index (χ3v) is 5.17. The Balaban J connectivity index is 2.73. The van der Waals surface area contributed by atoms with Gasteiger partial charge in [-0.15, -0.1) is 0 Å². The first-order valence-corrected chi connectivity index (χ1v) is 8.76. The van der Waals surface area contributed by atoms with Crippen molar-refractivity contribution in [2.45, 2.75) is 44.0 Å². The van der Waals surface area contributed by atoms with Crippen LogP contribution in [0.1, 0.15) is 33.1 Å². The van der Waals surface area contributed by atoms with Crippen LogP contribution in [0.15, 0.2) is 0 Å². The second-order valence-corrected chi connectivity index (χ2v) is 8.16. The molecule has 0 saturated carbocycles. The van der Waals surface area contributed by atoms with E-state index in [2.05, 4.69) is 22.9 Å². The van der Waals surface area contributed by atoms with Crippen LogP contribution in [0.4, 0.5) is 0 Å². The van der Waals surface area contributed by atoms with Crippen molar-refractivity contribution in [3.8, 4) is 0 Å².